The highest BCUT2D eigenvalue weighted by atomic mass is 16.5. The Morgan fingerprint density at radius 2 is 2.04 bits per heavy atom. The van der Waals surface area contributed by atoms with Gasteiger partial charge in [-0.2, -0.15) is 0 Å². The number of ether oxygens (including phenoxy) is 1. The topological polar surface area (TPSA) is 44.8 Å². The second-order valence-electron chi connectivity index (χ2n) is 6.35. The molecule has 0 radical (unpaired) electrons. The third kappa shape index (κ3) is 5.84. The van der Waals surface area contributed by atoms with Gasteiger partial charge in [-0.25, -0.2) is 0 Å². The molecule has 23 heavy (non-hydrogen) atoms. The lowest BCUT2D eigenvalue weighted by molar-refractivity contribution is -0.123. The molecule has 1 atom stereocenters. The Morgan fingerprint density at radius 3 is 2.70 bits per heavy atom. The second-order valence-corrected chi connectivity index (χ2v) is 6.35. The monoisotopic (exact) mass is 319 g/mol. The van der Waals surface area contributed by atoms with Crippen LogP contribution >= 0.6 is 0 Å². The largest absolute Gasteiger partial charge is 0.494 e. The average molecular weight is 319 g/mol. The van der Waals surface area contributed by atoms with Gasteiger partial charge in [-0.1, -0.05) is 19.1 Å². The van der Waals surface area contributed by atoms with Crippen LogP contribution in [0.4, 0.5) is 0 Å². The van der Waals surface area contributed by atoms with Crippen LogP contribution in [0, 0.1) is 0 Å². The van der Waals surface area contributed by atoms with Gasteiger partial charge in [-0.05, 0) is 38.1 Å². The molecule has 5 heteroatoms. The molecule has 1 saturated heterocycles. The quantitative estimate of drug-likeness (QED) is 0.831. The number of rotatable bonds is 7. The van der Waals surface area contributed by atoms with Crippen LogP contribution in [-0.2, 0) is 11.3 Å². The fourth-order valence-corrected chi connectivity index (χ4v) is 2.78. The van der Waals surface area contributed by atoms with E-state index in [1.807, 2.05) is 24.3 Å². The molecular weight excluding hydrogens is 290 g/mol. The predicted molar refractivity (Wildman–Crippen MR) is 92.6 cm³/mol. The van der Waals surface area contributed by atoms with Gasteiger partial charge in [0, 0.05) is 32.2 Å². The molecule has 0 bridgehead atoms. The Hall–Kier alpha value is -1.59. The molecule has 1 aliphatic rings. The van der Waals surface area contributed by atoms with Gasteiger partial charge in [0.05, 0.1) is 13.2 Å². The maximum absolute atomic E-state index is 12.1. The molecule has 1 N–H and O–H groups in total. The van der Waals surface area contributed by atoms with Gasteiger partial charge in [0.15, 0.2) is 0 Å². The summed E-state index contributed by atoms with van der Waals surface area (Å²) in [5.74, 6) is 0.973. The minimum Gasteiger partial charge on any atom is -0.494 e. The SMILES string of the molecule is CCCOc1ccc(CNC(=O)CN2CCN(C)C[C@H]2C)cc1. The first-order valence-electron chi connectivity index (χ1n) is 8.49. The van der Waals surface area contributed by atoms with Crippen molar-refractivity contribution in [3.63, 3.8) is 0 Å². The molecule has 1 heterocycles. The maximum atomic E-state index is 12.1. The Balaban J connectivity index is 1.73. The smallest absolute Gasteiger partial charge is 0.234 e. The van der Waals surface area contributed by atoms with Crippen molar-refractivity contribution in [2.24, 2.45) is 0 Å². The van der Waals surface area contributed by atoms with Crippen LogP contribution in [0.15, 0.2) is 24.3 Å². The highest BCUT2D eigenvalue weighted by molar-refractivity contribution is 5.78. The molecule has 1 aromatic carbocycles. The van der Waals surface area contributed by atoms with Gasteiger partial charge in [0.2, 0.25) is 5.91 Å². The molecular formula is C18H29N3O2. The summed E-state index contributed by atoms with van der Waals surface area (Å²) in [6, 6.07) is 8.35. The van der Waals surface area contributed by atoms with Gasteiger partial charge in [-0.3, -0.25) is 9.69 Å². The van der Waals surface area contributed by atoms with Crippen molar-refractivity contribution in [1.29, 1.82) is 0 Å². The number of hydrogen-bond donors (Lipinski definition) is 1. The predicted octanol–water partition coefficient (Wildman–Crippen LogP) is 1.73. The number of hydrogen-bond acceptors (Lipinski definition) is 4. The Bertz CT molecular complexity index is 490. The first-order valence-corrected chi connectivity index (χ1v) is 8.49. The molecule has 2 rings (SSSR count). The molecule has 1 fully saturated rings. The van der Waals surface area contributed by atoms with Gasteiger partial charge in [-0.15, -0.1) is 0 Å². The Labute approximate surface area is 139 Å². The Kier molecular flexibility index (Phi) is 6.86. The van der Waals surface area contributed by atoms with E-state index in [1.165, 1.54) is 0 Å². The number of nitrogens with one attached hydrogen (secondary N) is 1. The summed E-state index contributed by atoms with van der Waals surface area (Å²) < 4.78 is 5.56. The Morgan fingerprint density at radius 1 is 1.30 bits per heavy atom. The third-order valence-corrected chi connectivity index (χ3v) is 4.20. The number of benzene rings is 1. The van der Waals surface area contributed by atoms with Crippen LogP contribution in [0.5, 0.6) is 5.75 Å². The number of carbonyl (C=O) groups is 1. The van der Waals surface area contributed by atoms with Gasteiger partial charge in [0.1, 0.15) is 5.75 Å². The molecule has 0 saturated carbocycles. The van der Waals surface area contributed by atoms with Crippen LogP contribution in [0.2, 0.25) is 0 Å². The van der Waals surface area contributed by atoms with E-state index in [0.717, 1.165) is 44.0 Å². The zero-order valence-electron chi connectivity index (χ0n) is 14.5. The zero-order chi connectivity index (χ0) is 16.7. The highest BCUT2D eigenvalue weighted by Crippen LogP contribution is 2.12. The van der Waals surface area contributed by atoms with E-state index >= 15 is 0 Å². The maximum Gasteiger partial charge on any atom is 0.234 e. The first-order chi connectivity index (χ1) is 11.1. The van der Waals surface area contributed by atoms with Crippen molar-refractivity contribution in [2.45, 2.75) is 32.9 Å². The molecule has 0 spiro atoms. The summed E-state index contributed by atoms with van der Waals surface area (Å²) in [6.07, 6.45) is 1.00. The second kappa shape index (κ2) is 8.89. The fourth-order valence-electron chi connectivity index (χ4n) is 2.78. The van der Waals surface area contributed by atoms with E-state index in [1.54, 1.807) is 0 Å². The van der Waals surface area contributed by atoms with Crippen molar-refractivity contribution in [3.05, 3.63) is 29.8 Å². The summed E-state index contributed by atoms with van der Waals surface area (Å²) in [6.45, 7) is 9.04. The average Bonchev–Trinajstić information content (AvgIpc) is 2.54. The molecule has 0 unspecified atom stereocenters. The van der Waals surface area contributed by atoms with Crippen molar-refractivity contribution in [1.82, 2.24) is 15.1 Å². The molecule has 5 nitrogen and oxygen atoms in total. The minimum atomic E-state index is 0.0905. The summed E-state index contributed by atoms with van der Waals surface area (Å²) in [4.78, 5) is 16.7. The lowest BCUT2D eigenvalue weighted by Gasteiger charge is -2.37. The van der Waals surface area contributed by atoms with Crippen molar-refractivity contribution >= 4 is 5.91 Å². The normalized spacial score (nSPS) is 19.5. The van der Waals surface area contributed by atoms with Gasteiger partial charge < -0.3 is 15.0 Å². The first kappa shape index (κ1) is 17.8. The van der Waals surface area contributed by atoms with Crippen molar-refractivity contribution in [2.75, 3.05) is 39.8 Å². The van der Waals surface area contributed by atoms with Gasteiger partial charge >= 0.3 is 0 Å². The molecule has 1 amide bonds. The fraction of sp³-hybridized carbons (Fsp3) is 0.611. The number of amides is 1. The molecule has 0 aromatic heterocycles. The summed E-state index contributed by atoms with van der Waals surface area (Å²) in [7, 11) is 2.13. The van der Waals surface area contributed by atoms with Gasteiger partial charge in [0.25, 0.3) is 0 Å². The van der Waals surface area contributed by atoms with Crippen molar-refractivity contribution < 1.29 is 9.53 Å². The summed E-state index contributed by atoms with van der Waals surface area (Å²) >= 11 is 0. The molecule has 1 aliphatic heterocycles. The van der Waals surface area contributed by atoms with Crippen LogP contribution in [0.1, 0.15) is 25.8 Å². The van der Waals surface area contributed by atoms with Crippen LogP contribution < -0.4 is 10.1 Å². The van der Waals surface area contributed by atoms with E-state index in [9.17, 15) is 4.79 Å². The van der Waals surface area contributed by atoms with Crippen LogP contribution in [0.25, 0.3) is 0 Å². The number of piperazine rings is 1. The summed E-state index contributed by atoms with van der Waals surface area (Å²) in [5.41, 5.74) is 1.09. The summed E-state index contributed by atoms with van der Waals surface area (Å²) in [5, 5.41) is 3.01. The molecule has 128 valence electrons. The minimum absolute atomic E-state index is 0.0905. The van der Waals surface area contributed by atoms with Crippen LogP contribution in [0.3, 0.4) is 0 Å². The van der Waals surface area contributed by atoms with E-state index < -0.39 is 0 Å². The number of nitrogens with zero attached hydrogens (tertiary/aromatic N) is 2. The van der Waals surface area contributed by atoms with E-state index in [4.69, 9.17) is 4.74 Å². The molecule has 1 aromatic rings. The van der Waals surface area contributed by atoms with E-state index in [0.29, 0.717) is 19.1 Å². The lowest BCUT2D eigenvalue weighted by atomic mass is 10.2. The number of carbonyl (C=O) groups excluding carboxylic acids is 1. The molecule has 0 aliphatic carbocycles. The standard InChI is InChI=1S/C18H29N3O2/c1-4-11-23-17-7-5-16(6-8-17)12-19-18(22)14-21-10-9-20(3)13-15(21)2/h5-8,15H,4,9-14H2,1-3H3,(H,19,22)/t15-/m1/s1. The van der Waals surface area contributed by atoms with E-state index in [2.05, 4.69) is 36.0 Å². The van der Waals surface area contributed by atoms with Crippen molar-refractivity contribution in [3.8, 4) is 5.75 Å². The number of likely N-dealkylation sites (N-methyl/N-ethyl adjacent to an activating group) is 1. The third-order valence-electron chi connectivity index (χ3n) is 4.20. The highest BCUT2D eigenvalue weighted by Gasteiger charge is 2.22. The lowest BCUT2D eigenvalue weighted by Crippen LogP contribution is -2.53. The van der Waals surface area contributed by atoms with E-state index in [-0.39, 0.29) is 5.91 Å². The van der Waals surface area contributed by atoms with Crippen LogP contribution in [-0.4, -0.2) is 61.6 Å². The zero-order valence-corrected chi connectivity index (χ0v) is 14.5.